The molecule has 0 bridgehead atoms. The van der Waals surface area contributed by atoms with Crippen molar-refractivity contribution in [1.82, 2.24) is 5.32 Å². The van der Waals surface area contributed by atoms with Gasteiger partial charge in [-0.15, -0.1) is 11.8 Å². The van der Waals surface area contributed by atoms with Gasteiger partial charge in [0.15, 0.2) is 0 Å². The molecule has 0 heterocycles. The molecule has 0 fully saturated rings. The number of carboxylic acid groups (broad SMARTS) is 1. The maximum atomic E-state index is 11.3. The number of rotatable bonds is 7. The Labute approximate surface area is 92.2 Å². The van der Waals surface area contributed by atoms with E-state index >= 15 is 0 Å². The minimum absolute atomic E-state index is 0.118. The van der Waals surface area contributed by atoms with Gasteiger partial charge in [-0.2, -0.15) is 0 Å². The van der Waals surface area contributed by atoms with Crippen LogP contribution in [0.4, 0.5) is 0 Å². The summed E-state index contributed by atoms with van der Waals surface area (Å²) >= 11 is 1.14. The molecular weight excluding hydrogens is 220 g/mol. The molecule has 1 amide bonds. The van der Waals surface area contributed by atoms with Crippen molar-refractivity contribution in [2.75, 3.05) is 19.4 Å². The molecule has 0 aliphatic carbocycles. The lowest BCUT2D eigenvalue weighted by Gasteiger charge is -2.14. The lowest BCUT2D eigenvalue weighted by Crippen LogP contribution is -2.36. The van der Waals surface area contributed by atoms with Crippen molar-refractivity contribution in [2.45, 2.75) is 17.7 Å². The summed E-state index contributed by atoms with van der Waals surface area (Å²) in [6.45, 7) is -0.118. The van der Waals surface area contributed by atoms with Gasteiger partial charge in [-0.3, -0.25) is 9.59 Å². The number of carbonyl (C=O) groups excluding carboxylic acids is 1. The number of nitrogens with one attached hydrogen (secondary N) is 1. The Morgan fingerprint density at radius 2 is 2.13 bits per heavy atom. The van der Waals surface area contributed by atoms with Crippen LogP contribution < -0.4 is 11.1 Å². The minimum Gasteiger partial charge on any atom is -0.480 e. The molecular formula is C8H16N2O4S. The largest absolute Gasteiger partial charge is 0.480 e. The fraction of sp³-hybridized carbons (Fsp3) is 0.750. The molecule has 6 nitrogen and oxygen atoms in total. The summed E-state index contributed by atoms with van der Waals surface area (Å²) in [5.74, 6) is -1.18. The Balaban J connectivity index is 4.06. The van der Waals surface area contributed by atoms with Crippen molar-refractivity contribution < 1.29 is 19.8 Å². The van der Waals surface area contributed by atoms with Gasteiger partial charge in [0, 0.05) is 19.4 Å². The molecule has 0 aromatic carbocycles. The Bertz CT molecular complexity index is 225. The van der Waals surface area contributed by atoms with Crippen LogP contribution >= 0.6 is 11.8 Å². The van der Waals surface area contributed by atoms with Crippen LogP contribution in [0.1, 0.15) is 6.42 Å². The van der Waals surface area contributed by atoms with Gasteiger partial charge in [-0.1, -0.05) is 0 Å². The third-order valence-corrected chi connectivity index (χ3v) is 3.13. The zero-order valence-electron chi connectivity index (χ0n) is 8.47. The molecule has 2 atom stereocenters. The van der Waals surface area contributed by atoms with E-state index in [1.807, 2.05) is 0 Å². The zero-order chi connectivity index (χ0) is 11.8. The number of hydrogen-bond acceptors (Lipinski definition) is 5. The first kappa shape index (κ1) is 14.2. The summed E-state index contributed by atoms with van der Waals surface area (Å²) in [5.41, 5.74) is 5.29. The van der Waals surface area contributed by atoms with Crippen molar-refractivity contribution >= 4 is 23.6 Å². The zero-order valence-corrected chi connectivity index (χ0v) is 9.29. The monoisotopic (exact) mass is 236 g/mol. The van der Waals surface area contributed by atoms with Gasteiger partial charge in [0.1, 0.15) is 6.04 Å². The van der Waals surface area contributed by atoms with Crippen molar-refractivity contribution in [3.8, 4) is 0 Å². The third-order valence-electron chi connectivity index (χ3n) is 1.72. The van der Waals surface area contributed by atoms with E-state index in [1.165, 1.54) is 7.05 Å². The van der Waals surface area contributed by atoms with Gasteiger partial charge in [-0.05, 0) is 6.42 Å². The lowest BCUT2D eigenvalue weighted by atomic mass is 10.3. The van der Waals surface area contributed by atoms with Gasteiger partial charge in [0.2, 0.25) is 5.91 Å². The van der Waals surface area contributed by atoms with Crippen molar-refractivity contribution in [3.05, 3.63) is 0 Å². The summed E-state index contributed by atoms with van der Waals surface area (Å²) in [6, 6.07) is -0.985. The molecule has 0 spiro atoms. The Kier molecular flexibility index (Phi) is 7.10. The lowest BCUT2D eigenvalue weighted by molar-refractivity contribution is -0.138. The van der Waals surface area contributed by atoms with Crippen molar-refractivity contribution in [3.63, 3.8) is 0 Å². The number of aliphatic hydroxyl groups is 1. The number of carbonyl (C=O) groups is 2. The Morgan fingerprint density at radius 1 is 1.53 bits per heavy atom. The van der Waals surface area contributed by atoms with Crippen molar-refractivity contribution in [2.24, 2.45) is 5.73 Å². The Hall–Kier alpha value is -0.790. The highest BCUT2D eigenvalue weighted by Gasteiger charge is 2.20. The van der Waals surface area contributed by atoms with Crippen LogP contribution in [0.2, 0.25) is 0 Å². The second-order valence-corrected chi connectivity index (χ2v) is 4.13. The smallest absolute Gasteiger partial charge is 0.321 e. The third kappa shape index (κ3) is 5.60. The van der Waals surface area contributed by atoms with Crippen LogP contribution in [0.15, 0.2) is 0 Å². The second kappa shape index (κ2) is 7.49. The van der Waals surface area contributed by atoms with Gasteiger partial charge >= 0.3 is 5.97 Å². The summed E-state index contributed by atoms with van der Waals surface area (Å²) < 4.78 is 0. The predicted molar refractivity (Wildman–Crippen MR) is 57.6 cm³/mol. The van der Waals surface area contributed by atoms with E-state index < -0.39 is 17.3 Å². The van der Waals surface area contributed by atoms with Gasteiger partial charge < -0.3 is 21.3 Å². The van der Waals surface area contributed by atoms with Crippen LogP contribution in [0.5, 0.6) is 0 Å². The molecule has 88 valence electrons. The Morgan fingerprint density at radius 3 is 2.53 bits per heavy atom. The molecule has 0 aliphatic rings. The normalized spacial score (nSPS) is 14.3. The van der Waals surface area contributed by atoms with Crippen LogP contribution in [0, 0.1) is 0 Å². The number of nitrogens with two attached hydrogens (primary N) is 1. The average Bonchev–Trinajstić information content (AvgIpc) is 2.22. The van der Waals surface area contributed by atoms with E-state index in [4.69, 9.17) is 15.9 Å². The SMILES string of the molecule is CNC(=O)[C@@H](CCO)SC[C@H](N)C(=O)O. The van der Waals surface area contributed by atoms with Gasteiger partial charge in [0.25, 0.3) is 0 Å². The van der Waals surface area contributed by atoms with E-state index in [0.29, 0.717) is 0 Å². The minimum atomic E-state index is -1.10. The average molecular weight is 236 g/mol. The predicted octanol–water partition coefficient (Wildman–Crippen LogP) is -1.37. The van der Waals surface area contributed by atoms with Gasteiger partial charge in [0.05, 0.1) is 5.25 Å². The molecule has 0 aliphatic heterocycles. The molecule has 7 heteroatoms. The number of aliphatic carboxylic acids is 1. The molecule has 0 saturated carbocycles. The van der Waals surface area contributed by atoms with Crippen LogP contribution in [0.3, 0.4) is 0 Å². The molecule has 15 heavy (non-hydrogen) atoms. The highest BCUT2D eigenvalue weighted by Crippen LogP contribution is 2.15. The maximum Gasteiger partial charge on any atom is 0.321 e. The first-order valence-corrected chi connectivity index (χ1v) is 5.50. The van der Waals surface area contributed by atoms with E-state index in [9.17, 15) is 9.59 Å². The van der Waals surface area contributed by atoms with Crippen LogP contribution in [-0.2, 0) is 9.59 Å². The summed E-state index contributed by atoms with van der Waals surface area (Å²) in [7, 11) is 1.49. The highest BCUT2D eigenvalue weighted by atomic mass is 32.2. The standard InChI is InChI=1S/C8H16N2O4S/c1-10-7(12)6(2-3-11)15-4-5(9)8(13)14/h5-6,11H,2-4,9H2,1H3,(H,10,12)(H,13,14)/t5-,6+/m0/s1. The molecule has 0 rings (SSSR count). The first-order chi connectivity index (χ1) is 7.02. The topological polar surface area (TPSA) is 113 Å². The van der Waals surface area contributed by atoms with E-state index in [0.717, 1.165) is 11.8 Å². The van der Waals surface area contributed by atoms with Crippen molar-refractivity contribution in [1.29, 1.82) is 0 Å². The summed E-state index contributed by atoms with van der Waals surface area (Å²) in [5, 5.41) is 19.2. The van der Waals surface area contributed by atoms with E-state index in [2.05, 4.69) is 5.32 Å². The summed E-state index contributed by atoms with van der Waals surface area (Å²) in [4.78, 5) is 21.7. The molecule has 0 radical (unpaired) electrons. The van der Waals surface area contributed by atoms with E-state index in [-0.39, 0.29) is 24.7 Å². The van der Waals surface area contributed by atoms with E-state index in [1.54, 1.807) is 0 Å². The molecule has 0 aromatic rings. The number of amides is 1. The molecule has 0 saturated heterocycles. The molecule has 5 N–H and O–H groups in total. The number of thioether (sulfide) groups is 1. The highest BCUT2D eigenvalue weighted by molar-refractivity contribution is 8.00. The molecule has 0 unspecified atom stereocenters. The van der Waals surface area contributed by atoms with Gasteiger partial charge in [-0.25, -0.2) is 0 Å². The second-order valence-electron chi connectivity index (χ2n) is 2.89. The quantitative estimate of drug-likeness (QED) is 0.434. The first-order valence-electron chi connectivity index (χ1n) is 4.45. The fourth-order valence-corrected chi connectivity index (χ4v) is 1.98. The number of aliphatic hydroxyl groups excluding tert-OH is 1. The molecule has 0 aromatic heterocycles. The fourth-order valence-electron chi connectivity index (χ4n) is 0.859. The maximum absolute atomic E-state index is 11.3. The number of hydrogen-bond donors (Lipinski definition) is 4. The van der Waals surface area contributed by atoms with Crippen LogP contribution in [-0.4, -0.2) is 52.8 Å². The summed E-state index contributed by atoms with van der Waals surface area (Å²) in [6.07, 6.45) is 0.288. The van der Waals surface area contributed by atoms with Crippen LogP contribution in [0.25, 0.3) is 0 Å². The number of carboxylic acids is 1.